The Kier molecular flexibility index (Phi) is 4.79. The van der Waals surface area contributed by atoms with Crippen LogP contribution in [0.3, 0.4) is 0 Å². The Morgan fingerprint density at radius 1 is 0.957 bits per heavy atom. The zero-order chi connectivity index (χ0) is 16.1. The quantitative estimate of drug-likeness (QED) is 0.619. The maximum Gasteiger partial charge on any atom is 0.146 e. The van der Waals surface area contributed by atoms with E-state index in [1.54, 1.807) is 13.2 Å². The van der Waals surface area contributed by atoms with Crippen LogP contribution in [0.25, 0.3) is 11.3 Å². The van der Waals surface area contributed by atoms with Crippen molar-refractivity contribution in [3.8, 4) is 22.8 Å². The molecule has 23 heavy (non-hydrogen) atoms. The second kappa shape index (κ2) is 7.16. The molecule has 0 atom stereocenters. The molecule has 0 aliphatic heterocycles. The third kappa shape index (κ3) is 3.82. The SMILES string of the molecule is COc1cccc(-c2nc(Cl)ccc2OCc2ccccc2)c1. The Labute approximate surface area is 140 Å². The molecule has 0 radical (unpaired) electrons. The standard InChI is InChI=1S/C19H16ClNO2/c1-22-16-9-5-8-15(12-16)19-17(10-11-18(20)21-19)23-13-14-6-3-2-4-7-14/h2-12H,13H2,1H3. The lowest BCUT2D eigenvalue weighted by Crippen LogP contribution is -1.98. The topological polar surface area (TPSA) is 31.4 Å². The van der Waals surface area contributed by atoms with Crippen LogP contribution in [0.5, 0.6) is 11.5 Å². The molecule has 0 spiro atoms. The number of hydrogen-bond acceptors (Lipinski definition) is 3. The summed E-state index contributed by atoms with van der Waals surface area (Å²) in [5.74, 6) is 1.45. The van der Waals surface area contributed by atoms with Gasteiger partial charge in [-0.1, -0.05) is 54.1 Å². The fourth-order valence-corrected chi connectivity index (χ4v) is 2.40. The first-order valence-corrected chi connectivity index (χ1v) is 7.62. The lowest BCUT2D eigenvalue weighted by molar-refractivity contribution is 0.306. The van der Waals surface area contributed by atoms with Gasteiger partial charge in [0.1, 0.15) is 29.0 Å². The Bertz CT molecular complexity index is 790. The summed E-state index contributed by atoms with van der Waals surface area (Å²) in [6.07, 6.45) is 0. The van der Waals surface area contributed by atoms with Crippen LogP contribution in [-0.2, 0) is 6.61 Å². The van der Waals surface area contributed by atoms with Crippen LogP contribution in [-0.4, -0.2) is 12.1 Å². The number of halogens is 1. The van der Waals surface area contributed by atoms with E-state index in [9.17, 15) is 0 Å². The van der Waals surface area contributed by atoms with Crippen molar-refractivity contribution in [1.82, 2.24) is 4.98 Å². The van der Waals surface area contributed by atoms with Gasteiger partial charge < -0.3 is 9.47 Å². The third-order valence-corrected chi connectivity index (χ3v) is 3.62. The summed E-state index contributed by atoms with van der Waals surface area (Å²) < 4.78 is 11.2. The third-order valence-electron chi connectivity index (χ3n) is 3.40. The smallest absolute Gasteiger partial charge is 0.146 e. The first-order valence-electron chi connectivity index (χ1n) is 7.24. The second-order valence-electron chi connectivity index (χ2n) is 4.99. The van der Waals surface area contributed by atoms with E-state index in [2.05, 4.69) is 4.98 Å². The van der Waals surface area contributed by atoms with Crippen molar-refractivity contribution < 1.29 is 9.47 Å². The Balaban J connectivity index is 1.91. The van der Waals surface area contributed by atoms with Crippen LogP contribution in [0.15, 0.2) is 66.7 Å². The highest BCUT2D eigenvalue weighted by atomic mass is 35.5. The largest absolute Gasteiger partial charge is 0.497 e. The molecule has 0 saturated carbocycles. The highest BCUT2D eigenvalue weighted by Crippen LogP contribution is 2.32. The molecule has 0 amide bonds. The summed E-state index contributed by atoms with van der Waals surface area (Å²) in [7, 11) is 1.64. The van der Waals surface area contributed by atoms with E-state index in [1.165, 1.54) is 0 Å². The van der Waals surface area contributed by atoms with E-state index in [4.69, 9.17) is 21.1 Å². The molecule has 0 aliphatic rings. The minimum absolute atomic E-state index is 0.426. The monoisotopic (exact) mass is 325 g/mol. The highest BCUT2D eigenvalue weighted by molar-refractivity contribution is 6.29. The summed E-state index contributed by atoms with van der Waals surface area (Å²) >= 11 is 6.06. The van der Waals surface area contributed by atoms with E-state index in [1.807, 2.05) is 60.7 Å². The molecule has 3 nitrogen and oxygen atoms in total. The van der Waals surface area contributed by atoms with Crippen molar-refractivity contribution in [2.24, 2.45) is 0 Å². The molecule has 4 heteroatoms. The van der Waals surface area contributed by atoms with Crippen LogP contribution in [0.2, 0.25) is 5.15 Å². The number of ether oxygens (including phenoxy) is 2. The van der Waals surface area contributed by atoms with Gasteiger partial charge in [0.15, 0.2) is 0 Å². The summed E-state index contributed by atoms with van der Waals surface area (Å²) in [5, 5.41) is 0.426. The van der Waals surface area contributed by atoms with Gasteiger partial charge in [-0.25, -0.2) is 4.98 Å². The van der Waals surface area contributed by atoms with Gasteiger partial charge >= 0.3 is 0 Å². The minimum atomic E-state index is 0.426. The maximum atomic E-state index is 6.06. The van der Waals surface area contributed by atoms with Crippen LogP contribution >= 0.6 is 11.6 Å². The number of benzene rings is 2. The van der Waals surface area contributed by atoms with Crippen molar-refractivity contribution in [3.05, 3.63) is 77.4 Å². The lowest BCUT2D eigenvalue weighted by atomic mass is 10.1. The Morgan fingerprint density at radius 2 is 1.78 bits per heavy atom. The number of pyridine rings is 1. The second-order valence-corrected chi connectivity index (χ2v) is 5.37. The summed E-state index contributed by atoms with van der Waals surface area (Å²) in [5.41, 5.74) is 2.70. The van der Waals surface area contributed by atoms with Crippen molar-refractivity contribution in [1.29, 1.82) is 0 Å². The van der Waals surface area contributed by atoms with Crippen LogP contribution in [0.1, 0.15) is 5.56 Å². The van der Waals surface area contributed by atoms with Crippen molar-refractivity contribution in [2.75, 3.05) is 7.11 Å². The molecule has 3 aromatic rings. The fourth-order valence-electron chi connectivity index (χ4n) is 2.25. The lowest BCUT2D eigenvalue weighted by Gasteiger charge is -2.12. The van der Waals surface area contributed by atoms with Crippen LogP contribution < -0.4 is 9.47 Å². The summed E-state index contributed by atoms with van der Waals surface area (Å²) in [6.45, 7) is 0.473. The van der Waals surface area contributed by atoms with Gasteiger partial charge in [0.25, 0.3) is 0 Å². The summed E-state index contributed by atoms with van der Waals surface area (Å²) in [6, 6.07) is 21.2. The number of aromatic nitrogens is 1. The van der Waals surface area contributed by atoms with E-state index in [0.717, 1.165) is 16.9 Å². The van der Waals surface area contributed by atoms with Gasteiger partial charge in [0, 0.05) is 5.56 Å². The molecule has 0 unspecified atom stereocenters. The van der Waals surface area contributed by atoms with Crippen molar-refractivity contribution in [3.63, 3.8) is 0 Å². The van der Waals surface area contributed by atoms with Gasteiger partial charge in [-0.2, -0.15) is 0 Å². The first kappa shape index (κ1) is 15.4. The first-order chi connectivity index (χ1) is 11.3. The predicted octanol–water partition coefficient (Wildman–Crippen LogP) is 4.99. The minimum Gasteiger partial charge on any atom is -0.497 e. The average Bonchev–Trinajstić information content (AvgIpc) is 2.61. The van der Waals surface area contributed by atoms with E-state index in [-0.39, 0.29) is 0 Å². The van der Waals surface area contributed by atoms with E-state index in [0.29, 0.717) is 23.2 Å². The van der Waals surface area contributed by atoms with Crippen molar-refractivity contribution in [2.45, 2.75) is 6.61 Å². The van der Waals surface area contributed by atoms with Gasteiger partial charge in [-0.05, 0) is 29.8 Å². The molecule has 0 fully saturated rings. The zero-order valence-electron chi connectivity index (χ0n) is 12.7. The number of rotatable bonds is 5. The van der Waals surface area contributed by atoms with Gasteiger partial charge in [-0.15, -0.1) is 0 Å². The number of nitrogens with zero attached hydrogens (tertiary/aromatic N) is 1. The molecule has 1 aromatic heterocycles. The molecule has 116 valence electrons. The molecule has 3 rings (SSSR count). The molecule has 0 bridgehead atoms. The van der Waals surface area contributed by atoms with Crippen LogP contribution in [0, 0.1) is 0 Å². The predicted molar refractivity (Wildman–Crippen MR) is 92.0 cm³/mol. The van der Waals surface area contributed by atoms with Gasteiger partial charge in [0.2, 0.25) is 0 Å². The van der Waals surface area contributed by atoms with Crippen LogP contribution in [0.4, 0.5) is 0 Å². The number of hydrogen-bond donors (Lipinski definition) is 0. The normalized spacial score (nSPS) is 10.3. The molecule has 0 aliphatic carbocycles. The molecule has 0 N–H and O–H groups in total. The Hall–Kier alpha value is -2.52. The zero-order valence-corrected chi connectivity index (χ0v) is 13.5. The summed E-state index contributed by atoms with van der Waals surface area (Å²) in [4.78, 5) is 4.42. The van der Waals surface area contributed by atoms with E-state index < -0.39 is 0 Å². The highest BCUT2D eigenvalue weighted by Gasteiger charge is 2.10. The molecule has 0 saturated heterocycles. The molecule has 2 aromatic carbocycles. The average molecular weight is 326 g/mol. The molecular formula is C19H16ClNO2. The van der Waals surface area contributed by atoms with E-state index >= 15 is 0 Å². The fraction of sp³-hybridized carbons (Fsp3) is 0.105. The Morgan fingerprint density at radius 3 is 2.57 bits per heavy atom. The molecule has 1 heterocycles. The molecular weight excluding hydrogens is 310 g/mol. The van der Waals surface area contributed by atoms with Gasteiger partial charge in [-0.3, -0.25) is 0 Å². The van der Waals surface area contributed by atoms with Gasteiger partial charge in [0.05, 0.1) is 7.11 Å². The van der Waals surface area contributed by atoms with Crippen molar-refractivity contribution >= 4 is 11.6 Å². The number of methoxy groups -OCH3 is 1. The maximum absolute atomic E-state index is 6.06.